The lowest BCUT2D eigenvalue weighted by molar-refractivity contribution is 0.719. The molecule has 0 aromatic carbocycles. The van der Waals surface area contributed by atoms with Crippen LogP contribution in [0.25, 0.3) is 11.5 Å². The van der Waals surface area contributed by atoms with E-state index >= 15 is 0 Å². The molecule has 0 aliphatic heterocycles. The minimum atomic E-state index is 0.0980. The molecule has 4 heteroatoms. The second-order valence-electron chi connectivity index (χ2n) is 4.22. The molecule has 2 N–H and O–H groups in total. The monoisotopic (exact) mass is 228 g/mol. The fourth-order valence-corrected chi connectivity index (χ4v) is 1.68. The molecule has 2 aromatic heterocycles. The van der Waals surface area contributed by atoms with E-state index in [4.69, 9.17) is 5.73 Å². The summed E-state index contributed by atoms with van der Waals surface area (Å²) in [6.07, 6.45) is 2.50. The van der Waals surface area contributed by atoms with Crippen molar-refractivity contribution in [2.75, 3.05) is 0 Å². The molecule has 4 nitrogen and oxygen atoms in total. The van der Waals surface area contributed by atoms with E-state index in [-0.39, 0.29) is 6.04 Å². The minimum absolute atomic E-state index is 0.0980. The van der Waals surface area contributed by atoms with Crippen LogP contribution in [-0.4, -0.2) is 21.0 Å². The van der Waals surface area contributed by atoms with Gasteiger partial charge in [-0.05, 0) is 32.0 Å². The highest BCUT2D eigenvalue weighted by molar-refractivity contribution is 5.48. The van der Waals surface area contributed by atoms with E-state index in [1.165, 1.54) is 0 Å². The molecule has 0 aliphatic rings. The summed E-state index contributed by atoms with van der Waals surface area (Å²) in [4.78, 5) is 13.1. The van der Waals surface area contributed by atoms with Gasteiger partial charge in [0.1, 0.15) is 5.69 Å². The van der Waals surface area contributed by atoms with Crippen molar-refractivity contribution in [3.05, 3.63) is 41.9 Å². The zero-order valence-corrected chi connectivity index (χ0v) is 10.1. The summed E-state index contributed by atoms with van der Waals surface area (Å²) in [5.41, 5.74) is 8.49. The lowest BCUT2D eigenvalue weighted by atomic mass is 10.1. The molecule has 17 heavy (non-hydrogen) atoms. The van der Waals surface area contributed by atoms with Gasteiger partial charge in [0.05, 0.1) is 0 Å². The number of pyridine rings is 1. The lowest BCUT2D eigenvalue weighted by Crippen LogP contribution is -2.19. The van der Waals surface area contributed by atoms with Gasteiger partial charge in [0.25, 0.3) is 0 Å². The van der Waals surface area contributed by atoms with Gasteiger partial charge in [0.15, 0.2) is 5.82 Å². The van der Waals surface area contributed by atoms with Crippen molar-refractivity contribution in [2.45, 2.75) is 26.3 Å². The number of nitrogens with two attached hydrogens (primary N) is 1. The van der Waals surface area contributed by atoms with Crippen LogP contribution in [0.2, 0.25) is 0 Å². The molecule has 0 bridgehead atoms. The van der Waals surface area contributed by atoms with Crippen LogP contribution >= 0.6 is 0 Å². The molecule has 0 saturated carbocycles. The Labute approximate surface area is 101 Å². The van der Waals surface area contributed by atoms with E-state index in [2.05, 4.69) is 15.0 Å². The Morgan fingerprint density at radius 1 is 1.29 bits per heavy atom. The zero-order valence-electron chi connectivity index (χ0n) is 10.1. The first-order valence-electron chi connectivity index (χ1n) is 5.66. The molecule has 0 aliphatic carbocycles. The Balaban J connectivity index is 2.38. The van der Waals surface area contributed by atoms with Crippen LogP contribution in [0.1, 0.15) is 18.3 Å². The maximum Gasteiger partial charge on any atom is 0.178 e. The highest BCUT2D eigenvalue weighted by Gasteiger charge is 2.07. The van der Waals surface area contributed by atoms with Crippen LogP contribution in [0, 0.1) is 6.92 Å². The number of rotatable bonds is 3. The first kappa shape index (κ1) is 11.7. The van der Waals surface area contributed by atoms with Gasteiger partial charge in [-0.1, -0.05) is 6.07 Å². The summed E-state index contributed by atoms with van der Waals surface area (Å²) in [6, 6.07) is 7.78. The van der Waals surface area contributed by atoms with Gasteiger partial charge in [0, 0.05) is 30.0 Å². The fraction of sp³-hybridized carbons (Fsp3) is 0.308. The molecular weight excluding hydrogens is 212 g/mol. The normalized spacial score (nSPS) is 12.4. The average molecular weight is 228 g/mol. The summed E-state index contributed by atoms with van der Waals surface area (Å²) >= 11 is 0. The molecule has 2 rings (SSSR count). The topological polar surface area (TPSA) is 64.7 Å². The van der Waals surface area contributed by atoms with Gasteiger partial charge in [-0.2, -0.15) is 0 Å². The third-order valence-corrected chi connectivity index (χ3v) is 2.33. The van der Waals surface area contributed by atoms with Crippen LogP contribution in [0.15, 0.2) is 30.5 Å². The molecule has 88 valence electrons. The summed E-state index contributed by atoms with van der Waals surface area (Å²) in [6.45, 7) is 3.93. The summed E-state index contributed by atoms with van der Waals surface area (Å²) in [7, 11) is 0. The first-order chi connectivity index (χ1) is 8.15. The molecular formula is C13H16N4. The molecule has 2 aromatic rings. The third-order valence-electron chi connectivity index (χ3n) is 2.33. The first-order valence-corrected chi connectivity index (χ1v) is 5.66. The number of hydrogen-bond donors (Lipinski definition) is 1. The Bertz CT molecular complexity index is 494. The summed E-state index contributed by atoms with van der Waals surface area (Å²) in [5.74, 6) is 0.668. The Hall–Kier alpha value is -1.81. The minimum Gasteiger partial charge on any atom is -0.328 e. The van der Waals surface area contributed by atoms with Gasteiger partial charge in [0.2, 0.25) is 0 Å². The van der Waals surface area contributed by atoms with Crippen molar-refractivity contribution >= 4 is 0 Å². The smallest absolute Gasteiger partial charge is 0.178 e. The molecule has 0 radical (unpaired) electrons. The molecule has 1 atom stereocenters. The number of aromatic nitrogens is 3. The van der Waals surface area contributed by atoms with E-state index in [1.807, 2.05) is 38.1 Å². The van der Waals surface area contributed by atoms with Gasteiger partial charge in [-0.25, -0.2) is 9.97 Å². The van der Waals surface area contributed by atoms with Gasteiger partial charge in [-0.15, -0.1) is 0 Å². The van der Waals surface area contributed by atoms with E-state index in [0.29, 0.717) is 5.82 Å². The second-order valence-corrected chi connectivity index (χ2v) is 4.22. The van der Waals surface area contributed by atoms with Crippen LogP contribution in [0.4, 0.5) is 0 Å². The van der Waals surface area contributed by atoms with E-state index in [0.717, 1.165) is 23.5 Å². The van der Waals surface area contributed by atoms with Gasteiger partial charge in [-0.3, -0.25) is 4.98 Å². The largest absolute Gasteiger partial charge is 0.328 e. The van der Waals surface area contributed by atoms with Crippen molar-refractivity contribution in [3.8, 4) is 11.5 Å². The highest BCUT2D eigenvalue weighted by atomic mass is 14.9. The van der Waals surface area contributed by atoms with Crippen LogP contribution < -0.4 is 5.73 Å². The number of hydrogen-bond acceptors (Lipinski definition) is 4. The highest BCUT2D eigenvalue weighted by Crippen LogP contribution is 2.13. The maximum atomic E-state index is 5.79. The Kier molecular flexibility index (Phi) is 3.44. The number of nitrogens with zero attached hydrogens (tertiary/aromatic N) is 3. The van der Waals surface area contributed by atoms with E-state index < -0.39 is 0 Å². The van der Waals surface area contributed by atoms with Crippen LogP contribution in [0.5, 0.6) is 0 Å². The second kappa shape index (κ2) is 5.01. The molecule has 0 spiro atoms. The standard InChI is InChI=1S/C13H16N4/c1-9(14)7-11-8-10(2)16-13(17-11)12-5-3-4-6-15-12/h3-6,8-9H,7,14H2,1-2H3. The molecule has 0 saturated heterocycles. The summed E-state index contributed by atoms with van der Waals surface area (Å²) < 4.78 is 0. The summed E-state index contributed by atoms with van der Waals surface area (Å²) in [5, 5.41) is 0. The molecule has 0 amide bonds. The molecule has 0 fully saturated rings. The SMILES string of the molecule is Cc1cc(CC(C)N)nc(-c2ccccn2)n1. The predicted octanol–water partition coefficient (Wildman–Crippen LogP) is 1.74. The van der Waals surface area contributed by atoms with Crippen molar-refractivity contribution < 1.29 is 0 Å². The quantitative estimate of drug-likeness (QED) is 0.869. The third kappa shape index (κ3) is 3.07. The fourth-order valence-electron chi connectivity index (χ4n) is 1.68. The zero-order chi connectivity index (χ0) is 12.3. The van der Waals surface area contributed by atoms with Gasteiger partial charge >= 0.3 is 0 Å². The predicted molar refractivity (Wildman–Crippen MR) is 67.4 cm³/mol. The average Bonchev–Trinajstić information content (AvgIpc) is 2.28. The van der Waals surface area contributed by atoms with E-state index in [9.17, 15) is 0 Å². The van der Waals surface area contributed by atoms with Crippen LogP contribution in [-0.2, 0) is 6.42 Å². The van der Waals surface area contributed by atoms with Crippen molar-refractivity contribution in [3.63, 3.8) is 0 Å². The Morgan fingerprint density at radius 3 is 2.76 bits per heavy atom. The van der Waals surface area contributed by atoms with Crippen molar-refractivity contribution in [2.24, 2.45) is 5.73 Å². The van der Waals surface area contributed by atoms with Gasteiger partial charge < -0.3 is 5.73 Å². The van der Waals surface area contributed by atoms with Crippen molar-refractivity contribution in [1.29, 1.82) is 0 Å². The lowest BCUT2D eigenvalue weighted by Gasteiger charge is -2.07. The number of aryl methyl sites for hydroxylation is 1. The Morgan fingerprint density at radius 2 is 2.12 bits per heavy atom. The maximum absolute atomic E-state index is 5.79. The van der Waals surface area contributed by atoms with Crippen LogP contribution in [0.3, 0.4) is 0 Å². The molecule has 1 unspecified atom stereocenters. The van der Waals surface area contributed by atoms with E-state index in [1.54, 1.807) is 6.20 Å². The molecule has 2 heterocycles. The van der Waals surface area contributed by atoms with Crippen molar-refractivity contribution in [1.82, 2.24) is 15.0 Å².